The van der Waals surface area contributed by atoms with Gasteiger partial charge in [0.1, 0.15) is 0 Å². The topological polar surface area (TPSA) is 32.3 Å². The maximum atomic E-state index is 12.5. The van der Waals surface area contributed by atoms with E-state index in [1.807, 2.05) is 18.9 Å². The molecule has 0 spiro atoms. The normalized spacial score (nSPS) is 22.5. The van der Waals surface area contributed by atoms with Crippen LogP contribution in [0.25, 0.3) is 0 Å². The number of nitrogens with zero attached hydrogens (tertiary/aromatic N) is 1. The van der Waals surface area contributed by atoms with Gasteiger partial charge in [0.25, 0.3) is 0 Å². The Morgan fingerprint density at radius 3 is 2.74 bits per heavy atom. The molecule has 1 saturated heterocycles. The molecule has 0 aromatic heterocycles. The number of aryl methyl sites for hydroxylation is 2. The summed E-state index contributed by atoms with van der Waals surface area (Å²) in [5.41, 5.74) is 3.37. The minimum absolute atomic E-state index is 0.199. The highest BCUT2D eigenvalue weighted by Crippen LogP contribution is 2.22. The quantitative estimate of drug-likeness (QED) is 0.905. The van der Waals surface area contributed by atoms with Gasteiger partial charge in [0.2, 0.25) is 5.91 Å². The SMILES string of the molecule is Cc1ccc(CN(C)C(=O)C2(C)CCCN2)c(C)c1. The van der Waals surface area contributed by atoms with Crippen LogP contribution >= 0.6 is 0 Å². The van der Waals surface area contributed by atoms with Crippen LogP contribution in [0.3, 0.4) is 0 Å². The third-order valence-electron chi connectivity index (χ3n) is 4.09. The van der Waals surface area contributed by atoms with Crippen molar-refractivity contribution in [1.29, 1.82) is 0 Å². The van der Waals surface area contributed by atoms with E-state index in [0.717, 1.165) is 19.4 Å². The maximum absolute atomic E-state index is 12.5. The van der Waals surface area contributed by atoms with Gasteiger partial charge in [-0.15, -0.1) is 0 Å². The van der Waals surface area contributed by atoms with Crippen molar-refractivity contribution in [2.24, 2.45) is 0 Å². The van der Waals surface area contributed by atoms with Crippen LogP contribution in [-0.4, -0.2) is 29.9 Å². The van der Waals surface area contributed by atoms with Gasteiger partial charge in [0.05, 0.1) is 5.54 Å². The summed E-state index contributed by atoms with van der Waals surface area (Å²) in [6, 6.07) is 6.40. The lowest BCUT2D eigenvalue weighted by atomic mass is 9.98. The molecule has 0 saturated carbocycles. The first-order chi connectivity index (χ1) is 8.92. The van der Waals surface area contributed by atoms with Crippen LogP contribution in [-0.2, 0) is 11.3 Å². The van der Waals surface area contributed by atoms with Gasteiger partial charge in [-0.25, -0.2) is 0 Å². The third kappa shape index (κ3) is 2.98. The van der Waals surface area contributed by atoms with Crippen molar-refractivity contribution in [2.75, 3.05) is 13.6 Å². The highest BCUT2D eigenvalue weighted by molar-refractivity contribution is 5.86. The number of nitrogens with one attached hydrogen (secondary N) is 1. The summed E-state index contributed by atoms with van der Waals surface area (Å²) in [6.45, 7) is 7.84. The zero-order chi connectivity index (χ0) is 14.0. The minimum Gasteiger partial charge on any atom is -0.340 e. The first-order valence-corrected chi connectivity index (χ1v) is 6.99. The molecule has 2 rings (SSSR count). The molecule has 0 radical (unpaired) electrons. The van der Waals surface area contributed by atoms with Crippen LogP contribution in [0.1, 0.15) is 36.5 Å². The van der Waals surface area contributed by atoms with E-state index in [-0.39, 0.29) is 11.4 Å². The lowest BCUT2D eigenvalue weighted by molar-refractivity contribution is -0.136. The van der Waals surface area contributed by atoms with E-state index >= 15 is 0 Å². The van der Waals surface area contributed by atoms with E-state index in [4.69, 9.17) is 0 Å². The van der Waals surface area contributed by atoms with Crippen molar-refractivity contribution >= 4 is 5.91 Å². The number of benzene rings is 1. The van der Waals surface area contributed by atoms with Crippen molar-refractivity contribution in [3.63, 3.8) is 0 Å². The van der Waals surface area contributed by atoms with E-state index < -0.39 is 0 Å². The van der Waals surface area contributed by atoms with Crippen LogP contribution in [0.4, 0.5) is 0 Å². The van der Waals surface area contributed by atoms with Gasteiger partial charge >= 0.3 is 0 Å². The third-order valence-corrected chi connectivity index (χ3v) is 4.09. The van der Waals surface area contributed by atoms with Crippen LogP contribution < -0.4 is 5.32 Å². The monoisotopic (exact) mass is 260 g/mol. The molecular formula is C16H24N2O. The molecule has 0 aliphatic carbocycles. The second-order valence-electron chi connectivity index (χ2n) is 5.95. The van der Waals surface area contributed by atoms with Gasteiger partial charge in [0.15, 0.2) is 0 Å². The Morgan fingerprint density at radius 1 is 1.42 bits per heavy atom. The zero-order valence-corrected chi connectivity index (χ0v) is 12.4. The summed E-state index contributed by atoms with van der Waals surface area (Å²) in [5, 5.41) is 3.33. The number of hydrogen-bond acceptors (Lipinski definition) is 2. The Morgan fingerprint density at radius 2 is 2.16 bits per heavy atom. The number of carbonyl (C=O) groups is 1. The molecule has 1 atom stereocenters. The Kier molecular flexibility index (Phi) is 3.95. The van der Waals surface area contributed by atoms with Crippen LogP contribution in [0.5, 0.6) is 0 Å². The Balaban J connectivity index is 2.08. The van der Waals surface area contributed by atoms with Gasteiger partial charge in [-0.05, 0) is 51.3 Å². The molecule has 1 N–H and O–H groups in total. The molecule has 1 aliphatic rings. The van der Waals surface area contributed by atoms with Gasteiger partial charge in [0, 0.05) is 13.6 Å². The molecule has 3 nitrogen and oxygen atoms in total. The summed E-state index contributed by atoms with van der Waals surface area (Å²) < 4.78 is 0. The summed E-state index contributed by atoms with van der Waals surface area (Å²) in [4.78, 5) is 14.4. The van der Waals surface area contributed by atoms with E-state index in [0.29, 0.717) is 6.54 Å². The lowest BCUT2D eigenvalue weighted by Crippen LogP contribution is -2.51. The van der Waals surface area contributed by atoms with Crippen molar-refractivity contribution in [3.8, 4) is 0 Å². The van der Waals surface area contributed by atoms with Crippen LogP contribution in [0.2, 0.25) is 0 Å². The first-order valence-electron chi connectivity index (χ1n) is 6.99. The molecule has 3 heteroatoms. The van der Waals surface area contributed by atoms with Gasteiger partial charge in [-0.2, -0.15) is 0 Å². The van der Waals surface area contributed by atoms with Gasteiger partial charge in [-0.3, -0.25) is 4.79 Å². The number of likely N-dealkylation sites (N-methyl/N-ethyl adjacent to an activating group) is 1. The fraction of sp³-hybridized carbons (Fsp3) is 0.562. The average Bonchev–Trinajstić information content (AvgIpc) is 2.80. The van der Waals surface area contributed by atoms with Crippen LogP contribution in [0, 0.1) is 13.8 Å². The second-order valence-corrected chi connectivity index (χ2v) is 5.95. The molecule has 1 aliphatic heterocycles. The summed E-state index contributed by atoms with van der Waals surface area (Å²) >= 11 is 0. The van der Waals surface area contributed by atoms with E-state index in [1.54, 1.807) is 0 Å². The number of rotatable bonds is 3. The summed E-state index contributed by atoms with van der Waals surface area (Å²) in [7, 11) is 1.90. The minimum atomic E-state index is -0.368. The molecule has 104 valence electrons. The highest BCUT2D eigenvalue weighted by atomic mass is 16.2. The Labute approximate surface area is 116 Å². The van der Waals surface area contributed by atoms with Crippen molar-refractivity contribution in [2.45, 2.75) is 45.7 Å². The molecule has 1 aromatic rings. The molecule has 1 heterocycles. The largest absolute Gasteiger partial charge is 0.340 e. The molecule has 1 aromatic carbocycles. The number of carbonyl (C=O) groups excluding carboxylic acids is 1. The molecule has 19 heavy (non-hydrogen) atoms. The van der Waals surface area contributed by atoms with Crippen molar-refractivity contribution in [3.05, 3.63) is 34.9 Å². The Bertz CT molecular complexity index is 476. The van der Waals surface area contributed by atoms with Gasteiger partial charge < -0.3 is 10.2 Å². The molecule has 1 fully saturated rings. The molecule has 1 amide bonds. The molecule has 0 bridgehead atoms. The zero-order valence-electron chi connectivity index (χ0n) is 12.4. The Hall–Kier alpha value is -1.35. The lowest BCUT2D eigenvalue weighted by Gasteiger charge is -2.29. The van der Waals surface area contributed by atoms with E-state index in [1.165, 1.54) is 16.7 Å². The summed E-state index contributed by atoms with van der Waals surface area (Å²) in [5.74, 6) is 0.199. The predicted molar refractivity (Wildman–Crippen MR) is 78.0 cm³/mol. The second kappa shape index (κ2) is 5.33. The fourth-order valence-corrected chi connectivity index (χ4v) is 2.85. The average molecular weight is 260 g/mol. The standard InChI is InChI=1S/C16H24N2O/c1-12-6-7-14(13(2)10-12)11-18(4)15(19)16(3)8-5-9-17-16/h6-7,10,17H,5,8-9,11H2,1-4H3. The van der Waals surface area contributed by atoms with Gasteiger partial charge in [-0.1, -0.05) is 23.8 Å². The first kappa shape index (κ1) is 14.1. The molecule has 1 unspecified atom stereocenters. The smallest absolute Gasteiger partial charge is 0.242 e. The number of hydrogen-bond donors (Lipinski definition) is 1. The predicted octanol–water partition coefficient (Wildman–Crippen LogP) is 2.40. The van der Waals surface area contributed by atoms with Crippen molar-refractivity contribution in [1.82, 2.24) is 10.2 Å². The molecular weight excluding hydrogens is 236 g/mol. The van der Waals surface area contributed by atoms with Crippen LogP contribution in [0.15, 0.2) is 18.2 Å². The maximum Gasteiger partial charge on any atom is 0.242 e. The fourth-order valence-electron chi connectivity index (χ4n) is 2.85. The summed E-state index contributed by atoms with van der Waals surface area (Å²) in [6.07, 6.45) is 2.02. The van der Waals surface area contributed by atoms with Crippen molar-refractivity contribution < 1.29 is 4.79 Å². The highest BCUT2D eigenvalue weighted by Gasteiger charge is 2.37. The number of amides is 1. The van der Waals surface area contributed by atoms with E-state index in [2.05, 4.69) is 37.4 Å². The van der Waals surface area contributed by atoms with E-state index in [9.17, 15) is 4.79 Å².